The first kappa shape index (κ1) is 11.3. The van der Waals surface area contributed by atoms with Crippen molar-refractivity contribution < 1.29 is 14.6 Å². The van der Waals surface area contributed by atoms with Gasteiger partial charge in [-0.3, -0.25) is 4.98 Å². The van der Waals surface area contributed by atoms with Gasteiger partial charge in [0, 0.05) is 6.20 Å². The topological polar surface area (TPSA) is 85.2 Å². The highest BCUT2D eigenvalue weighted by Gasteiger charge is 2.13. The summed E-state index contributed by atoms with van der Waals surface area (Å²) < 4.78 is 5.28. The highest BCUT2D eigenvalue weighted by molar-refractivity contribution is 6.31. The molecule has 2 rings (SSSR count). The number of carbonyl (C=O) groups is 1. The molecule has 0 bridgehead atoms. The van der Waals surface area contributed by atoms with Crippen LogP contribution in [0.4, 0.5) is 0 Å². The van der Waals surface area contributed by atoms with Crippen molar-refractivity contribution in [3.05, 3.63) is 41.6 Å². The van der Waals surface area contributed by atoms with Crippen molar-refractivity contribution in [2.45, 2.75) is 0 Å². The Hall–Kier alpha value is -2.21. The molecule has 0 atom stereocenters. The second-order valence-electron chi connectivity index (χ2n) is 2.95. The zero-order valence-electron chi connectivity index (χ0n) is 8.37. The number of ether oxygens (including phenoxy) is 1. The van der Waals surface area contributed by atoms with Crippen LogP contribution in [0.15, 0.2) is 31.0 Å². The average molecular weight is 252 g/mol. The van der Waals surface area contributed by atoms with Crippen LogP contribution in [-0.4, -0.2) is 26.0 Å². The molecule has 0 aliphatic heterocycles. The van der Waals surface area contributed by atoms with Gasteiger partial charge in [-0.25, -0.2) is 14.8 Å². The average Bonchev–Trinajstić information content (AvgIpc) is 2.32. The minimum absolute atomic E-state index is 0.0188. The van der Waals surface area contributed by atoms with E-state index in [1.54, 1.807) is 0 Å². The predicted octanol–water partition coefficient (Wildman–Crippen LogP) is 2.02. The summed E-state index contributed by atoms with van der Waals surface area (Å²) in [7, 11) is 0. The first-order valence-corrected chi connectivity index (χ1v) is 4.87. The van der Waals surface area contributed by atoms with Crippen molar-refractivity contribution in [1.29, 1.82) is 0 Å². The van der Waals surface area contributed by atoms with E-state index in [2.05, 4.69) is 15.0 Å². The van der Waals surface area contributed by atoms with Crippen molar-refractivity contribution in [3.63, 3.8) is 0 Å². The molecule has 6 nitrogen and oxygen atoms in total. The summed E-state index contributed by atoms with van der Waals surface area (Å²) in [6.45, 7) is 0. The summed E-state index contributed by atoms with van der Waals surface area (Å²) in [4.78, 5) is 22.2. The third-order valence-corrected chi connectivity index (χ3v) is 2.11. The molecule has 0 spiro atoms. The van der Waals surface area contributed by atoms with Gasteiger partial charge in [0.1, 0.15) is 16.9 Å². The number of hydrogen-bond acceptors (Lipinski definition) is 5. The summed E-state index contributed by atoms with van der Waals surface area (Å²) >= 11 is 5.79. The Morgan fingerprint density at radius 1 is 1.35 bits per heavy atom. The fourth-order valence-electron chi connectivity index (χ4n) is 1.12. The van der Waals surface area contributed by atoms with Crippen molar-refractivity contribution in [1.82, 2.24) is 15.0 Å². The first-order valence-electron chi connectivity index (χ1n) is 4.49. The molecule has 2 aromatic rings. The zero-order chi connectivity index (χ0) is 12.3. The van der Waals surface area contributed by atoms with Gasteiger partial charge in [-0.05, 0) is 6.07 Å². The van der Waals surface area contributed by atoms with Gasteiger partial charge < -0.3 is 9.84 Å². The quantitative estimate of drug-likeness (QED) is 0.898. The molecule has 0 fully saturated rings. The van der Waals surface area contributed by atoms with Gasteiger partial charge >= 0.3 is 5.97 Å². The molecule has 86 valence electrons. The molecule has 0 amide bonds. The smallest absolute Gasteiger partial charge is 0.339 e. The third-order valence-electron chi connectivity index (χ3n) is 1.86. The Morgan fingerprint density at radius 3 is 2.88 bits per heavy atom. The Balaban J connectivity index is 2.37. The van der Waals surface area contributed by atoms with Crippen molar-refractivity contribution >= 4 is 17.6 Å². The molecule has 0 radical (unpaired) electrons. The number of aromatic nitrogens is 3. The fraction of sp³-hybridized carbons (Fsp3) is 0. The first-order chi connectivity index (χ1) is 8.18. The van der Waals surface area contributed by atoms with Gasteiger partial charge in [-0.2, -0.15) is 0 Å². The van der Waals surface area contributed by atoms with Crippen molar-refractivity contribution in [3.8, 4) is 11.6 Å². The van der Waals surface area contributed by atoms with Crippen LogP contribution in [-0.2, 0) is 0 Å². The molecule has 0 saturated carbocycles. The summed E-state index contributed by atoms with van der Waals surface area (Å²) in [6, 6.07) is 1.33. The second-order valence-corrected chi connectivity index (χ2v) is 3.36. The molecule has 0 aliphatic carbocycles. The number of carboxylic acid groups (broad SMARTS) is 1. The van der Waals surface area contributed by atoms with Crippen LogP contribution in [0, 0.1) is 0 Å². The summed E-state index contributed by atoms with van der Waals surface area (Å²) in [5, 5.41) is 9.13. The van der Waals surface area contributed by atoms with E-state index in [4.69, 9.17) is 21.4 Å². The number of nitrogens with zero attached hydrogens (tertiary/aromatic N) is 3. The van der Waals surface area contributed by atoms with E-state index in [1.807, 2.05) is 0 Å². The maximum Gasteiger partial charge on any atom is 0.339 e. The fourth-order valence-corrected chi connectivity index (χ4v) is 1.26. The lowest BCUT2D eigenvalue weighted by molar-refractivity contribution is 0.0694. The van der Waals surface area contributed by atoms with Gasteiger partial charge in [-0.15, -0.1) is 0 Å². The van der Waals surface area contributed by atoms with Gasteiger partial charge in [0.15, 0.2) is 5.75 Å². The third kappa shape index (κ3) is 2.48. The minimum atomic E-state index is -1.12. The lowest BCUT2D eigenvalue weighted by Gasteiger charge is -2.07. The van der Waals surface area contributed by atoms with Crippen LogP contribution < -0.4 is 4.74 Å². The van der Waals surface area contributed by atoms with Gasteiger partial charge in [0.2, 0.25) is 5.88 Å². The van der Waals surface area contributed by atoms with E-state index in [0.717, 1.165) is 0 Å². The molecule has 0 aliphatic rings. The summed E-state index contributed by atoms with van der Waals surface area (Å²) in [5.74, 6) is -0.967. The van der Waals surface area contributed by atoms with Gasteiger partial charge in [0.05, 0.1) is 12.4 Å². The number of rotatable bonds is 3. The van der Waals surface area contributed by atoms with E-state index in [9.17, 15) is 4.79 Å². The lowest BCUT2D eigenvalue weighted by atomic mass is 10.2. The van der Waals surface area contributed by atoms with Crippen molar-refractivity contribution in [2.75, 3.05) is 0 Å². The van der Waals surface area contributed by atoms with E-state index in [1.165, 1.54) is 31.0 Å². The monoisotopic (exact) mass is 251 g/mol. The molecular weight excluding hydrogens is 246 g/mol. The molecule has 17 heavy (non-hydrogen) atoms. The maximum atomic E-state index is 10.9. The van der Waals surface area contributed by atoms with E-state index < -0.39 is 5.97 Å². The largest absolute Gasteiger partial charge is 0.478 e. The van der Waals surface area contributed by atoms with Gasteiger partial charge in [0.25, 0.3) is 0 Å². The number of pyridine rings is 1. The lowest BCUT2D eigenvalue weighted by Crippen LogP contribution is -2.01. The van der Waals surface area contributed by atoms with E-state index in [0.29, 0.717) is 0 Å². The van der Waals surface area contributed by atoms with E-state index >= 15 is 0 Å². The van der Waals surface area contributed by atoms with Crippen LogP contribution in [0.5, 0.6) is 11.6 Å². The summed E-state index contributed by atoms with van der Waals surface area (Å²) in [5.41, 5.74) is -0.0188. The molecule has 0 unspecified atom stereocenters. The predicted molar refractivity (Wildman–Crippen MR) is 58.3 cm³/mol. The SMILES string of the molecule is O=C(O)c1ccncc1Oc1ncncc1Cl. The normalized spacial score (nSPS) is 9.94. The molecular formula is C10H6ClN3O3. The standard InChI is InChI=1S/C10H6ClN3O3/c11-7-3-13-5-14-9(7)17-8-4-12-2-1-6(8)10(15)16/h1-5H,(H,15,16). The number of carboxylic acids is 1. The van der Waals surface area contributed by atoms with Crippen LogP contribution in [0.3, 0.4) is 0 Å². The zero-order valence-corrected chi connectivity index (χ0v) is 9.13. The molecule has 2 heterocycles. The van der Waals surface area contributed by atoms with Crippen LogP contribution in [0.25, 0.3) is 0 Å². The summed E-state index contributed by atoms with van der Waals surface area (Å²) in [6.07, 6.45) is 5.23. The number of aromatic carboxylic acids is 1. The highest BCUT2D eigenvalue weighted by Crippen LogP contribution is 2.27. The maximum absolute atomic E-state index is 10.9. The highest BCUT2D eigenvalue weighted by atomic mass is 35.5. The molecule has 0 saturated heterocycles. The molecule has 7 heteroatoms. The Bertz CT molecular complexity index is 562. The second kappa shape index (κ2) is 4.75. The van der Waals surface area contributed by atoms with Crippen LogP contribution in [0.2, 0.25) is 5.02 Å². The molecule has 0 aromatic carbocycles. The van der Waals surface area contributed by atoms with Crippen LogP contribution in [0.1, 0.15) is 10.4 Å². The Labute approximate surface area is 101 Å². The van der Waals surface area contributed by atoms with Crippen LogP contribution >= 0.6 is 11.6 Å². The number of halogens is 1. The van der Waals surface area contributed by atoms with Crippen molar-refractivity contribution in [2.24, 2.45) is 0 Å². The Kier molecular flexibility index (Phi) is 3.15. The number of hydrogen-bond donors (Lipinski definition) is 1. The van der Waals surface area contributed by atoms with Gasteiger partial charge in [-0.1, -0.05) is 11.6 Å². The Morgan fingerprint density at radius 2 is 2.18 bits per heavy atom. The minimum Gasteiger partial charge on any atom is -0.478 e. The molecule has 2 aromatic heterocycles. The molecule has 1 N–H and O–H groups in total. The van der Waals surface area contributed by atoms with E-state index in [-0.39, 0.29) is 22.2 Å².